The van der Waals surface area contributed by atoms with Crippen molar-refractivity contribution in [3.63, 3.8) is 0 Å². The summed E-state index contributed by atoms with van der Waals surface area (Å²) in [6.07, 6.45) is 0. The molecule has 1 heterocycles. The maximum atomic E-state index is 11.0. The summed E-state index contributed by atoms with van der Waals surface area (Å²) in [6, 6.07) is 14.8. The van der Waals surface area contributed by atoms with Gasteiger partial charge in [-0.2, -0.15) is 0 Å². The molecule has 0 aliphatic rings. The van der Waals surface area contributed by atoms with Crippen LogP contribution in [0.2, 0.25) is 0 Å². The summed E-state index contributed by atoms with van der Waals surface area (Å²) in [5, 5.41) is 14.0. The molecule has 3 rings (SSSR count). The van der Waals surface area contributed by atoms with Gasteiger partial charge in [-0.05, 0) is 42.5 Å². The number of methoxy groups -OCH3 is 1. The van der Waals surface area contributed by atoms with Gasteiger partial charge in [-0.15, -0.1) is 10.2 Å². The molecule has 1 aromatic heterocycles. The van der Waals surface area contributed by atoms with Crippen LogP contribution in [0.1, 0.15) is 12.8 Å². The number of hydrogen-bond donors (Lipinski definition) is 2. The van der Waals surface area contributed by atoms with Crippen molar-refractivity contribution in [3.8, 4) is 17.2 Å². The molecule has 0 fully saturated rings. The second-order valence-corrected chi connectivity index (χ2v) is 5.34. The first kappa shape index (κ1) is 16.5. The first-order chi connectivity index (χ1) is 12.1. The lowest BCUT2D eigenvalue weighted by Gasteiger charge is -2.05. The fourth-order valence-electron chi connectivity index (χ4n) is 2.25. The Morgan fingerprint density at radius 1 is 1.12 bits per heavy atom. The Bertz CT molecular complexity index is 859. The van der Waals surface area contributed by atoms with Gasteiger partial charge in [-0.25, -0.2) is 0 Å². The normalized spacial score (nSPS) is 10.3. The highest BCUT2D eigenvalue weighted by Crippen LogP contribution is 2.23. The molecule has 0 aliphatic carbocycles. The molecule has 0 bridgehead atoms. The average molecular weight is 338 g/mol. The summed E-state index contributed by atoms with van der Waals surface area (Å²) in [7, 11) is 1.61. The number of hydrogen-bond acceptors (Lipinski definition) is 6. The highest BCUT2D eigenvalue weighted by Gasteiger charge is 2.09. The Labute approximate surface area is 145 Å². The Morgan fingerprint density at radius 3 is 2.60 bits per heavy atom. The predicted octanol–water partition coefficient (Wildman–Crippen LogP) is 3.32. The van der Waals surface area contributed by atoms with Crippen LogP contribution >= 0.6 is 0 Å². The largest absolute Gasteiger partial charge is 0.497 e. The predicted molar refractivity (Wildman–Crippen MR) is 94.4 cm³/mol. The zero-order valence-electron chi connectivity index (χ0n) is 13.9. The van der Waals surface area contributed by atoms with Crippen LogP contribution in [-0.4, -0.2) is 23.2 Å². The van der Waals surface area contributed by atoms with Crippen LogP contribution in [0.3, 0.4) is 0 Å². The van der Waals surface area contributed by atoms with Crippen LogP contribution in [0.4, 0.5) is 11.4 Å². The van der Waals surface area contributed by atoms with E-state index in [4.69, 9.17) is 9.15 Å². The molecule has 2 aromatic carbocycles. The monoisotopic (exact) mass is 338 g/mol. The maximum Gasteiger partial charge on any atom is 0.247 e. The fraction of sp³-hybridized carbons (Fsp3) is 0.167. The van der Waals surface area contributed by atoms with Gasteiger partial charge >= 0.3 is 0 Å². The summed E-state index contributed by atoms with van der Waals surface area (Å²) >= 11 is 0. The van der Waals surface area contributed by atoms with Crippen molar-refractivity contribution < 1.29 is 13.9 Å². The van der Waals surface area contributed by atoms with E-state index in [2.05, 4.69) is 20.8 Å². The topological polar surface area (TPSA) is 89.3 Å². The summed E-state index contributed by atoms with van der Waals surface area (Å²) in [4.78, 5) is 11.0. The zero-order valence-corrected chi connectivity index (χ0v) is 13.9. The molecule has 3 aromatic rings. The number of nitrogens with one attached hydrogen (secondary N) is 2. The van der Waals surface area contributed by atoms with Crippen LogP contribution in [0.15, 0.2) is 52.9 Å². The quantitative estimate of drug-likeness (QED) is 0.717. The molecule has 7 nitrogen and oxygen atoms in total. The van der Waals surface area contributed by atoms with E-state index in [1.807, 2.05) is 48.5 Å². The smallest absolute Gasteiger partial charge is 0.247 e. The molecular formula is C18H18N4O3. The van der Waals surface area contributed by atoms with Crippen molar-refractivity contribution in [3.05, 3.63) is 54.4 Å². The maximum absolute atomic E-state index is 11.0. The van der Waals surface area contributed by atoms with Gasteiger partial charge in [-0.3, -0.25) is 4.79 Å². The highest BCUT2D eigenvalue weighted by molar-refractivity contribution is 5.88. The van der Waals surface area contributed by atoms with Crippen LogP contribution in [0, 0.1) is 0 Å². The SMILES string of the molecule is COc1cccc(-c2nnc(CNc3ccc(NC(C)=O)cc3)o2)c1. The van der Waals surface area contributed by atoms with E-state index in [0.29, 0.717) is 18.3 Å². The number of carbonyl (C=O) groups is 1. The summed E-state index contributed by atoms with van der Waals surface area (Å²) < 4.78 is 10.9. The number of ether oxygens (including phenoxy) is 1. The molecule has 25 heavy (non-hydrogen) atoms. The van der Waals surface area contributed by atoms with Crippen LogP contribution in [0.5, 0.6) is 5.75 Å². The first-order valence-corrected chi connectivity index (χ1v) is 7.72. The Balaban J connectivity index is 1.62. The van der Waals surface area contributed by atoms with E-state index in [1.54, 1.807) is 7.11 Å². The molecule has 0 saturated carbocycles. The van der Waals surface area contributed by atoms with Gasteiger partial charge < -0.3 is 19.8 Å². The number of nitrogens with zero attached hydrogens (tertiary/aromatic N) is 2. The van der Waals surface area contributed by atoms with E-state index in [9.17, 15) is 4.79 Å². The Kier molecular flexibility index (Phi) is 4.94. The van der Waals surface area contributed by atoms with Crippen molar-refractivity contribution in [2.45, 2.75) is 13.5 Å². The Hall–Kier alpha value is -3.35. The minimum Gasteiger partial charge on any atom is -0.497 e. The van der Waals surface area contributed by atoms with E-state index in [1.165, 1.54) is 6.92 Å². The van der Waals surface area contributed by atoms with E-state index >= 15 is 0 Å². The third kappa shape index (κ3) is 4.35. The van der Waals surface area contributed by atoms with Gasteiger partial charge in [0.25, 0.3) is 0 Å². The number of rotatable bonds is 6. The van der Waals surface area contributed by atoms with Gasteiger partial charge in [0.1, 0.15) is 5.75 Å². The van der Waals surface area contributed by atoms with Gasteiger partial charge in [0.05, 0.1) is 13.7 Å². The fourth-order valence-corrected chi connectivity index (χ4v) is 2.25. The zero-order chi connectivity index (χ0) is 17.6. The molecule has 128 valence electrons. The van der Waals surface area contributed by atoms with Crippen molar-refractivity contribution >= 4 is 17.3 Å². The number of carbonyl (C=O) groups excluding carboxylic acids is 1. The van der Waals surface area contributed by atoms with Crippen molar-refractivity contribution in [1.82, 2.24) is 10.2 Å². The average Bonchev–Trinajstić information content (AvgIpc) is 3.10. The van der Waals surface area contributed by atoms with E-state index in [0.717, 1.165) is 22.7 Å². The van der Waals surface area contributed by atoms with Crippen molar-refractivity contribution in [1.29, 1.82) is 0 Å². The molecule has 2 N–H and O–H groups in total. The number of benzene rings is 2. The number of aromatic nitrogens is 2. The molecule has 0 radical (unpaired) electrons. The molecule has 0 unspecified atom stereocenters. The van der Waals surface area contributed by atoms with Gasteiger partial charge in [0, 0.05) is 23.9 Å². The number of amides is 1. The third-order valence-corrected chi connectivity index (χ3v) is 3.43. The van der Waals surface area contributed by atoms with Gasteiger partial charge in [0.15, 0.2) is 0 Å². The van der Waals surface area contributed by atoms with Crippen molar-refractivity contribution in [2.24, 2.45) is 0 Å². The van der Waals surface area contributed by atoms with E-state index < -0.39 is 0 Å². The second kappa shape index (κ2) is 7.48. The van der Waals surface area contributed by atoms with Crippen molar-refractivity contribution in [2.75, 3.05) is 17.7 Å². The number of anilines is 2. The third-order valence-electron chi connectivity index (χ3n) is 3.43. The molecular weight excluding hydrogens is 320 g/mol. The molecule has 0 aliphatic heterocycles. The Morgan fingerprint density at radius 2 is 1.88 bits per heavy atom. The van der Waals surface area contributed by atoms with Crippen LogP contribution in [-0.2, 0) is 11.3 Å². The summed E-state index contributed by atoms with van der Waals surface area (Å²) in [5.41, 5.74) is 2.43. The minimum atomic E-state index is -0.100. The highest BCUT2D eigenvalue weighted by atomic mass is 16.5. The lowest BCUT2D eigenvalue weighted by Crippen LogP contribution is -2.05. The standard InChI is InChI=1S/C18H18N4O3/c1-12(23)20-15-8-6-14(7-9-15)19-11-17-21-22-18(25-17)13-4-3-5-16(10-13)24-2/h3-10,19H,11H2,1-2H3,(H,20,23). The summed E-state index contributed by atoms with van der Waals surface area (Å²) in [5.74, 6) is 1.55. The van der Waals surface area contributed by atoms with Gasteiger partial charge in [-0.1, -0.05) is 6.07 Å². The lowest BCUT2D eigenvalue weighted by molar-refractivity contribution is -0.114. The van der Waals surface area contributed by atoms with Crippen LogP contribution < -0.4 is 15.4 Å². The lowest BCUT2D eigenvalue weighted by atomic mass is 10.2. The van der Waals surface area contributed by atoms with Crippen LogP contribution in [0.25, 0.3) is 11.5 Å². The molecule has 0 atom stereocenters. The molecule has 0 spiro atoms. The van der Waals surface area contributed by atoms with Gasteiger partial charge in [0.2, 0.25) is 17.7 Å². The summed E-state index contributed by atoms with van der Waals surface area (Å²) in [6.45, 7) is 1.87. The minimum absolute atomic E-state index is 0.100. The van der Waals surface area contributed by atoms with E-state index in [-0.39, 0.29) is 5.91 Å². The molecule has 1 amide bonds. The molecule has 7 heteroatoms. The molecule has 0 saturated heterocycles. The second-order valence-electron chi connectivity index (χ2n) is 5.34. The first-order valence-electron chi connectivity index (χ1n) is 7.72.